The van der Waals surface area contributed by atoms with Crippen LogP contribution in [0, 0.1) is 0 Å². The molecule has 0 atom stereocenters. The molecule has 5 heteroatoms. The lowest BCUT2D eigenvalue weighted by molar-refractivity contribution is -0.117. The third-order valence-corrected chi connectivity index (χ3v) is 2.79. The van der Waals surface area contributed by atoms with E-state index >= 15 is 0 Å². The zero-order valence-corrected chi connectivity index (χ0v) is 8.06. The van der Waals surface area contributed by atoms with E-state index in [4.69, 9.17) is 5.73 Å². The van der Waals surface area contributed by atoms with Gasteiger partial charge in [-0.25, -0.2) is 0 Å². The number of fused-ring (bicyclic) bond motifs is 1. The first-order chi connectivity index (χ1) is 6.68. The summed E-state index contributed by atoms with van der Waals surface area (Å²) < 4.78 is 0. The first kappa shape index (κ1) is 8.96. The van der Waals surface area contributed by atoms with E-state index in [0.29, 0.717) is 10.9 Å². The standard InChI is InChI=1S/C9H8N2O2S/c10-7(12)3-5-4-11-9-6(8(5)13)1-2-14-9/h1-2,4H,3H2,(H2,10,12)(H,11,13). The molecule has 0 aliphatic heterocycles. The van der Waals surface area contributed by atoms with Crippen molar-refractivity contribution in [2.45, 2.75) is 6.42 Å². The minimum Gasteiger partial charge on any atom is -0.369 e. The number of pyridine rings is 1. The normalized spacial score (nSPS) is 10.6. The van der Waals surface area contributed by atoms with Crippen molar-refractivity contribution in [1.29, 1.82) is 0 Å². The molecule has 0 aliphatic rings. The molecule has 1 amide bonds. The molecule has 0 bridgehead atoms. The molecule has 0 saturated heterocycles. The zero-order chi connectivity index (χ0) is 10.1. The maximum atomic E-state index is 11.7. The monoisotopic (exact) mass is 208 g/mol. The second-order valence-electron chi connectivity index (χ2n) is 2.95. The fourth-order valence-electron chi connectivity index (χ4n) is 1.31. The predicted molar refractivity (Wildman–Crippen MR) is 55.3 cm³/mol. The summed E-state index contributed by atoms with van der Waals surface area (Å²) in [4.78, 5) is 26.2. The second-order valence-corrected chi connectivity index (χ2v) is 3.87. The number of amides is 1. The van der Waals surface area contributed by atoms with Crippen molar-refractivity contribution in [3.63, 3.8) is 0 Å². The number of H-pyrrole nitrogens is 1. The van der Waals surface area contributed by atoms with Gasteiger partial charge in [0, 0.05) is 11.8 Å². The van der Waals surface area contributed by atoms with Crippen LogP contribution >= 0.6 is 11.3 Å². The number of carbonyl (C=O) groups is 1. The summed E-state index contributed by atoms with van der Waals surface area (Å²) in [6.45, 7) is 0. The Bertz CT molecular complexity index is 541. The quantitative estimate of drug-likeness (QED) is 0.759. The van der Waals surface area contributed by atoms with E-state index in [2.05, 4.69) is 4.98 Å². The summed E-state index contributed by atoms with van der Waals surface area (Å²) in [5, 5.41) is 2.45. The molecule has 0 spiro atoms. The average Bonchev–Trinajstić information content (AvgIpc) is 2.57. The van der Waals surface area contributed by atoms with E-state index < -0.39 is 5.91 Å². The Morgan fingerprint density at radius 2 is 2.36 bits per heavy atom. The molecule has 72 valence electrons. The van der Waals surface area contributed by atoms with Crippen molar-refractivity contribution in [1.82, 2.24) is 4.98 Å². The van der Waals surface area contributed by atoms with Crippen molar-refractivity contribution in [2.75, 3.05) is 0 Å². The molecule has 2 rings (SSSR count). The Morgan fingerprint density at radius 3 is 3.07 bits per heavy atom. The van der Waals surface area contributed by atoms with Gasteiger partial charge in [-0.1, -0.05) is 0 Å². The smallest absolute Gasteiger partial charge is 0.222 e. The van der Waals surface area contributed by atoms with Crippen LogP contribution in [0.15, 0.2) is 22.4 Å². The van der Waals surface area contributed by atoms with Crippen LogP contribution in [0.1, 0.15) is 5.56 Å². The van der Waals surface area contributed by atoms with Crippen molar-refractivity contribution < 1.29 is 4.79 Å². The molecule has 2 heterocycles. The number of aromatic nitrogens is 1. The van der Waals surface area contributed by atoms with Crippen LogP contribution in [-0.4, -0.2) is 10.9 Å². The topological polar surface area (TPSA) is 76.0 Å². The summed E-state index contributed by atoms with van der Waals surface area (Å²) in [6, 6.07) is 1.74. The molecule has 4 nitrogen and oxygen atoms in total. The summed E-state index contributed by atoms with van der Waals surface area (Å²) >= 11 is 1.46. The Kier molecular flexibility index (Phi) is 2.09. The molecule has 0 aromatic carbocycles. The van der Waals surface area contributed by atoms with E-state index in [9.17, 15) is 9.59 Å². The Hall–Kier alpha value is -1.62. The van der Waals surface area contributed by atoms with Gasteiger partial charge in [0.2, 0.25) is 5.91 Å². The molecule has 3 N–H and O–H groups in total. The first-order valence-corrected chi connectivity index (χ1v) is 4.92. The first-order valence-electron chi connectivity index (χ1n) is 4.04. The lowest BCUT2D eigenvalue weighted by atomic mass is 10.1. The number of aromatic amines is 1. The van der Waals surface area contributed by atoms with Crippen molar-refractivity contribution >= 4 is 27.5 Å². The van der Waals surface area contributed by atoms with Crippen molar-refractivity contribution in [2.24, 2.45) is 5.73 Å². The van der Waals surface area contributed by atoms with Crippen molar-refractivity contribution in [3.8, 4) is 0 Å². The minimum atomic E-state index is -0.495. The van der Waals surface area contributed by atoms with Crippen LogP contribution in [0.25, 0.3) is 10.2 Å². The van der Waals surface area contributed by atoms with Gasteiger partial charge in [-0.15, -0.1) is 11.3 Å². The number of nitrogens with two attached hydrogens (primary N) is 1. The molecule has 2 aromatic rings. The highest BCUT2D eigenvalue weighted by molar-refractivity contribution is 7.16. The van der Waals surface area contributed by atoms with Crippen LogP contribution in [0.2, 0.25) is 0 Å². The van der Waals surface area contributed by atoms with Crippen LogP contribution < -0.4 is 11.2 Å². The highest BCUT2D eigenvalue weighted by Crippen LogP contribution is 2.14. The van der Waals surface area contributed by atoms with Gasteiger partial charge in [0.05, 0.1) is 11.8 Å². The van der Waals surface area contributed by atoms with Gasteiger partial charge in [0.25, 0.3) is 0 Å². The van der Waals surface area contributed by atoms with Gasteiger partial charge in [0.15, 0.2) is 5.43 Å². The van der Waals surface area contributed by atoms with Crippen LogP contribution in [0.4, 0.5) is 0 Å². The molecule has 0 radical (unpaired) electrons. The summed E-state index contributed by atoms with van der Waals surface area (Å²) in [6.07, 6.45) is 1.53. The lowest BCUT2D eigenvalue weighted by Crippen LogP contribution is -2.19. The number of thiophene rings is 1. The SMILES string of the molecule is NC(=O)Cc1c[nH]c2sccc2c1=O. The molecule has 0 unspecified atom stereocenters. The van der Waals surface area contributed by atoms with Gasteiger partial charge < -0.3 is 10.7 Å². The number of hydrogen-bond acceptors (Lipinski definition) is 3. The summed E-state index contributed by atoms with van der Waals surface area (Å²) in [7, 11) is 0. The maximum Gasteiger partial charge on any atom is 0.222 e. The second kappa shape index (κ2) is 3.26. The Balaban J connectivity index is 2.62. The Labute approximate surface area is 83.4 Å². The third-order valence-electron chi connectivity index (χ3n) is 1.94. The van der Waals surface area contributed by atoms with Gasteiger partial charge >= 0.3 is 0 Å². The lowest BCUT2D eigenvalue weighted by Gasteiger charge is -1.96. The Morgan fingerprint density at radius 1 is 1.57 bits per heavy atom. The van der Waals surface area contributed by atoms with Gasteiger partial charge in [-0.05, 0) is 11.4 Å². The molecular formula is C9H8N2O2S. The summed E-state index contributed by atoms with van der Waals surface area (Å²) in [5.74, 6) is -0.495. The largest absolute Gasteiger partial charge is 0.369 e. The van der Waals surface area contributed by atoms with Crippen LogP contribution in [-0.2, 0) is 11.2 Å². The van der Waals surface area contributed by atoms with E-state index in [0.717, 1.165) is 4.83 Å². The summed E-state index contributed by atoms with van der Waals surface area (Å²) in [5.41, 5.74) is 5.33. The van der Waals surface area contributed by atoms with Crippen LogP contribution in [0.5, 0.6) is 0 Å². The zero-order valence-electron chi connectivity index (χ0n) is 7.24. The third kappa shape index (κ3) is 1.42. The number of carbonyl (C=O) groups excluding carboxylic acids is 1. The van der Waals surface area contributed by atoms with E-state index in [1.165, 1.54) is 11.3 Å². The molecule has 2 aromatic heterocycles. The van der Waals surface area contributed by atoms with E-state index in [-0.39, 0.29) is 11.8 Å². The molecular weight excluding hydrogens is 200 g/mol. The molecule has 0 aliphatic carbocycles. The minimum absolute atomic E-state index is 0.0128. The van der Waals surface area contributed by atoms with E-state index in [1.807, 2.05) is 5.38 Å². The molecule has 0 saturated carbocycles. The van der Waals surface area contributed by atoms with E-state index in [1.54, 1.807) is 12.3 Å². The number of primary amides is 1. The van der Waals surface area contributed by atoms with Gasteiger partial charge in [0.1, 0.15) is 4.83 Å². The predicted octanol–water partition coefficient (Wildman–Crippen LogP) is 0.617. The fraction of sp³-hybridized carbons (Fsp3) is 0.111. The highest BCUT2D eigenvalue weighted by atomic mass is 32.1. The van der Waals surface area contributed by atoms with Crippen molar-refractivity contribution in [3.05, 3.63) is 33.4 Å². The number of hydrogen-bond donors (Lipinski definition) is 2. The molecule has 0 fully saturated rings. The average molecular weight is 208 g/mol. The molecule has 14 heavy (non-hydrogen) atoms. The van der Waals surface area contributed by atoms with Crippen LogP contribution in [0.3, 0.4) is 0 Å². The fourth-order valence-corrected chi connectivity index (χ4v) is 2.06. The van der Waals surface area contributed by atoms with Gasteiger partial charge in [-0.2, -0.15) is 0 Å². The highest BCUT2D eigenvalue weighted by Gasteiger charge is 2.07. The van der Waals surface area contributed by atoms with Gasteiger partial charge in [-0.3, -0.25) is 9.59 Å². The number of nitrogens with one attached hydrogen (secondary N) is 1. The maximum absolute atomic E-state index is 11.7. The number of rotatable bonds is 2.